The molecule has 0 fully saturated rings. The van der Waals surface area contributed by atoms with Crippen LogP contribution in [0.3, 0.4) is 0 Å². The van der Waals surface area contributed by atoms with E-state index in [1.165, 1.54) is 0 Å². The number of carbonyl (C=O) groups excluding carboxylic acids is 1. The van der Waals surface area contributed by atoms with Gasteiger partial charge in [0, 0.05) is 13.1 Å². The number of carbonyl (C=O) groups is 1. The molecule has 0 atom stereocenters. The van der Waals surface area contributed by atoms with Gasteiger partial charge in [-0.1, -0.05) is 36.4 Å². The average Bonchev–Trinajstić information content (AvgIpc) is 2.58. The SMILES string of the molecule is Cc1ccc(OCC(=O)N(CCC#N)Cc2ccccc2)c(Br)c1. The molecule has 0 saturated carbocycles. The van der Waals surface area contributed by atoms with Gasteiger partial charge in [0.25, 0.3) is 5.91 Å². The molecule has 2 rings (SSSR count). The summed E-state index contributed by atoms with van der Waals surface area (Å²) in [5.41, 5.74) is 2.14. The Balaban J connectivity index is 2.00. The topological polar surface area (TPSA) is 53.3 Å². The van der Waals surface area contributed by atoms with E-state index in [1.54, 1.807) is 4.90 Å². The monoisotopic (exact) mass is 386 g/mol. The van der Waals surface area contributed by atoms with Gasteiger partial charge in [0.05, 0.1) is 17.0 Å². The Morgan fingerprint density at radius 2 is 2.00 bits per heavy atom. The van der Waals surface area contributed by atoms with Crippen LogP contribution in [0.25, 0.3) is 0 Å². The highest BCUT2D eigenvalue weighted by Crippen LogP contribution is 2.25. The molecule has 0 unspecified atom stereocenters. The van der Waals surface area contributed by atoms with Crippen LogP contribution in [0.1, 0.15) is 17.5 Å². The van der Waals surface area contributed by atoms with Gasteiger partial charge in [-0.2, -0.15) is 5.26 Å². The molecule has 5 heteroatoms. The fourth-order valence-electron chi connectivity index (χ4n) is 2.23. The highest BCUT2D eigenvalue weighted by molar-refractivity contribution is 9.10. The van der Waals surface area contributed by atoms with Crippen molar-refractivity contribution in [3.8, 4) is 11.8 Å². The minimum absolute atomic E-state index is 0.0556. The fraction of sp³-hybridized carbons (Fsp3) is 0.263. The Morgan fingerprint density at radius 1 is 1.25 bits per heavy atom. The summed E-state index contributed by atoms with van der Waals surface area (Å²) in [5.74, 6) is 0.496. The summed E-state index contributed by atoms with van der Waals surface area (Å²) in [6.07, 6.45) is 0.298. The van der Waals surface area contributed by atoms with Gasteiger partial charge in [-0.15, -0.1) is 0 Å². The van der Waals surface area contributed by atoms with E-state index in [0.717, 1.165) is 15.6 Å². The van der Waals surface area contributed by atoms with Crippen LogP contribution >= 0.6 is 15.9 Å². The van der Waals surface area contributed by atoms with Crippen molar-refractivity contribution >= 4 is 21.8 Å². The zero-order valence-corrected chi connectivity index (χ0v) is 15.1. The number of nitriles is 1. The van der Waals surface area contributed by atoms with Crippen LogP contribution in [0.4, 0.5) is 0 Å². The number of aryl methyl sites for hydroxylation is 1. The lowest BCUT2D eigenvalue weighted by molar-refractivity contribution is -0.133. The molecule has 1 amide bonds. The number of hydrogen-bond donors (Lipinski definition) is 0. The van der Waals surface area contributed by atoms with Gasteiger partial charge in [0.2, 0.25) is 0 Å². The van der Waals surface area contributed by atoms with Crippen molar-refractivity contribution in [3.63, 3.8) is 0 Å². The molecule has 0 bridgehead atoms. The maximum Gasteiger partial charge on any atom is 0.260 e. The van der Waals surface area contributed by atoms with Crippen LogP contribution in [-0.2, 0) is 11.3 Å². The maximum atomic E-state index is 12.5. The quantitative estimate of drug-likeness (QED) is 0.720. The highest BCUT2D eigenvalue weighted by Gasteiger charge is 2.15. The molecular weight excluding hydrogens is 368 g/mol. The van der Waals surface area contributed by atoms with E-state index in [1.807, 2.05) is 55.5 Å². The van der Waals surface area contributed by atoms with E-state index in [9.17, 15) is 4.79 Å². The summed E-state index contributed by atoms with van der Waals surface area (Å²) in [4.78, 5) is 14.1. The molecule has 0 saturated heterocycles. The molecule has 0 N–H and O–H groups in total. The Hall–Kier alpha value is -2.32. The van der Waals surface area contributed by atoms with Gasteiger partial charge < -0.3 is 9.64 Å². The van der Waals surface area contributed by atoms with E-state index < -0.39 is 0 Å². The van der Waals surface area contributed by atoms with Crippen LogP contribution in [0, 0.1) is 18.3 Å². The van der Waals surface area contributed by atoms with Crippen molar-refractivity contribution in [2.24, 2.45) is 0 Å². The number of rotatable bonds is 7. The smallest absolute Gasteiger partial charge is 0.260 e. The van der Waals surface area contributed by atoms with Crippen LogP contribution in [0.2, 0.25) is 0 Å². The highest BCUT2D eigenvalue weighted by atomic mass is 79.9. The van der Waals surface area contributed by atoms with Crippen molar-refractivity contribution in [1.82, 2.24) is 4.90 Å². The van der Waals surface area contributed by atoms with Crippen molar-refractivity contribution in [1.29, 1.82) is 5.26 Å². The van der Waals surface area contributed by atoms with Crippen LogP contribution < -0.4 is 4.74 Å². The molecule has 0 aromatic heterocycles. The van der Waals surface area contributed by atoms with Gasteiger partial charge in [0.1, 0.15) is 5.75 Å². The third-order valence-electron chi connectivity index (χ3n) is 3.50. The van der Waals surface area contributed by atoms with Crippen LogP contribution in [0.15, 0.2) is 53.0 Å². The first-order valence-corrected chi connectivity index (χ1v) is 8.47. The van der Waals surface area contributed by atoms with E-state index in [-0.39, 0.29) is 12.5 Å². The summed E-state index contributed by atoms with van der Waals surface area (Å²) in [6, 6.07) is 17.5. The van der Waals surface area contributed by atoms with Gasteiger partial charge in [-0.05, 0) is 46.1 Å². The van der Waals surface area contributed by atoms with E-state index in [0.29, 0.717) is 25.3 Å². The molecule has 0 spiro atoms. The first-order valence-electron chi connectivity index (χ1n) is 7.67. The van der Waals surface area contributed by atoms with Crippen LogP contribution in [0.5, 0.6) is 5.75 Å². The molecule has 0 radical (unpaired) electrons. The molecule has 0 aliphatic rings. The first kappa shape index (κ1) is 18.0. The lowest BCUT2D eigenvalue weighted by Crippen LogP contribution is -2.35. The normalized spacial score (nSPS) is 10.0. The second kappa shape index (κ2) is 9.09. The van der Waals surface area contributed by atoms with Crippen LogP contribution in [-0.4, -0.2) is 24.0 Å². The molecule has 2 aromatic rings. The number of benzene rings is 2. The minimum Gasteiger partial charge on any atom is -0.483 e. The fourth-order valence-corrected chi connectivity index (χ4v) is 2.84. The molecule has 0 heterocycles. The predicted octanol–water partition coefficient (Wildman–Crippen LogP) is 4.08. The molecule has 0 aliphatic carbocycles. The number of hydrogen-bond acceptors (Lipinski definition) is 3. The maximum absolute atomic E-state index is 12.5. The zero-order chi connectivity index (χ0) is 17.4. The molecular formula is C19H19BrN2O2. The van der Waals surface area contributed by atoms with Gasteiger partial charge in [0.15, 0.2) is 6.61 Å². The average molecular weight is 387 g/mol. The van der Waals surface area contributed by atoms with Gasteiger partial charge in [-0.3, -0.25) is 4.79 Å². The van der Waals surface area contributed by atoms with Crippen molar-refractivity contribution in [2.75, 3.05) is 13.2 Å². The van der Waals surface area contributed by atoms with Crippen molar-refractivity contribution in [3.05, 3.63) is 64.1 Å². The Kier molecular flexibility index (Phi) is 6.83. The summed E-state index contributed by atoms with van der Waals surface area (Å²) in [5, 5.41) is 8.81. The summed E-state index contributed by atoms with van der Waals surface area (Å²) < 4.78 is 6.45. The lowest BCUT2D eigenvalue weighted by Gasteiger charge is -2.22. The number of amides is 1. The second-order valence-electron chi connectivity index (χ2n) is 5.43. The van der Waals surface area contributed by atoms with Crippen molar-refractivity contribution < 1.29 is 9.53 Å². The summed E-state index contributed by atoms with van der Waals surface area (Å²) >= 11 is 3.44. The van der Waals surface area contributed by atoms with Crippen molar-refractivity contribution in [2.45, 2.75) is 19.9 Å². The van der Waals surface area contributed by atoms with E-state index >= 15 is 0 Å². The van der Waals surface area contributed by atoms with E-state index in [4.69, 9.17) is 10.00 Å². The first-order chi connectivity index (χ1) is 11.6. The third kappa shape index (κ3) is 5.39. The molecule has 24 heavy (non-hydrogen) atoms. The number of nitrogens with zero attached hydrogens (tertiary/aromatic N) is 2. The largest absolute Gasteiger partial charge is 0.483 e. The lowest BCUT2D eigenvalue weighted by atomic mass is 10.2. The van der Waals surface area contributed by atoms with Gasteiger partial charge >= 0.3 is 0 Å². The molecule has 4 nitrogen and oxygen atoms in total. The Bertz CT molecular complexity index is 726. The third-order valence-corrected chi connectivity index (χ3v) is 4.12. The van der Waals surface area contributed by atoms with E-state index in [2.05, 4.69) is 22.0 Å². The molecule has 0 aliphatic heterocycles. The molecule has 2 aromatic carbocycles. The Labute approximate surface area is 150 Å². The second-order valence-corrected chi connectivity index (χ2v) is 6.29. The minimum atomic E-state index is -0.137. The number of halogens is 1. The predicted molar refractivity (Wildman–Crippen MR) is 96.5 cm³/mol. The van der Waals surface area contributed by atoms with Gasteiger partial charge in [-0.25, -0.2) is 0 Å². The zero-order valence-electron chi connectivity index (χ0n) is 13.5. The number of ether oxygens (including phenoxy) is 1. The summed E-state index contributed by atoms with van der Waals surface area (Å²) in [6.45, 7) is 2.80. The Morgan fingerprint density at radius 3 is 2.67 bits per heavy atom. The summed E-state index contributed by atoms with van der Waals surface area (Å²) in [7, 11) is 0. The standard InChI is InChI=1S/C19H19BrN2O2/c1-15-8-9-18(17(20)12-15)24-14-19(23)22(11-5-10-21)13-16-6-3-2-4-7-16/h2-4,6-9,12H,5,11,13-14H2,1H3. The molecule has 124 valence electrons.